The molecule has 1 aliphatic rings. The molecule has 3 heteroatoms. The molecule has 1 saturated heterocycles. The number of ether oxygens (including phenoxy) is 1. The van der Waals surface area contributed by atoms with Crippen molar-refractivity contribution in [2.75, 3.05) is 7.05 Å². The van der Waals surface area contributed by atoms with E-state index < -0.39 is 0 Å². The Morgan fingerprint density at radius 1 is 1.30 bits per heavy atom. The van der Waals surface area contributed by atoms with Crippen LogP contribution in [0, 0.1) is 12.8 Å². The molecule has 2 nitrogen and oxygen atoms in total. The van der Waals surface area contributed by atoms with Gasteiger partial charge in [0.2, 0.25) is 0 Å². The van der Waals surface area contributed by atoms with Crippen molar-refractivity contribution in [2.24, 2.45) is 5.92 Å². The first-order valence-corrected chi connectivity index (χ1v) is 8.09. The fourth-order valence-corrected chi connectivity index (χ4v) is 4.32. The lowest BCUT2D eigenvalue weighted by Gasteiger charge is -2.33. The van der Waals surface area contributed by atoms with E-state index in [0.717, 1.165) is 6.42 Å². The number of rotatable bonds is 3. The predicted octanol–water partition coefficient (Wildman–Crippen LogP) is 4.61. The summed E-state index contributed by atoms with van der Waals surface area (Å²) in [6.45, 7) is 10.9. The molecule has 0 bridgehead atoms. The minimum absolute atomic E-state index is 0.0551. The van der Waals surface area contributed by atoms with Crippen LogP contribution in [-0.4, -0.2) is 18.2 Å². The van der Waals surface area contributed by atoms with E-state index in [-0.39, 0.29) is 11.2 Å². The average molecular weight is 340 g/mol. The summed E-state index contributed by atoms with van der Waals surface area (Å²) in [5.41, 5.74) is 2.41. The van der Waals surface area contributed by atoms with E-state index in [0.29, 0.717) is 12.0 Å². The maximum atomic E-state index is 6.26. The highest BCUT2D eigenvalue weighted by atomic mass is 79.9. The number of hydrogen-bond donors (Lipinski definition) is 1. The number of aryl methyl sites for hydroxylation is 1. The lowest BCUT2D eigenvalue weighted by molar-refractivity contribution is -0.0776. The summed E-state index contributed by atoms with van der Waals surface area (Å²) in [6.07, 6.45) is 1.06. The summed E-state index contributed by atoms with van der Waals surface area (Å²) in [6, 6.07) is 6.88. The van der Waals surface area contributed by atoms with Crippen LogP contribution < -0.4 is 5.32 Å². The van der Waals surface area contributed by atoms with E-state index in [4.69, 9.17) is 4.74 Å². The van der Waals surface area contributed by atoms with Crippen LogP contribution in [0.15, 0.2) is 22.7 Å². The first-order chi connectivity index (χ1) is 9.16. The van der Waals surface area contributed by atoms with Crippen molar-refractivity contribution in [1.29, 1.82) is 0 Å². The Labute approximate surface area is 131 Å². The Morgan fingerprint density at radius 3 is 2.40 bits per heavy atom. The molecule has 1 aromatic carbocycles. The molecule has 20 heavy (non-hydrogen) atoms. The van der Waals surface area contributed by atoms with Crippen LogP contribution in [0.3, 0.4) is 0 Å². The summed E-state index contributed by atoms with van der Waals surface area (Å²) in [5.74, 6) is 0.446. The Bertz CT molecular complexity index is 496. The monoisotopic (exact) mass is 339 g/mol. The highest BCUT2D eigenvalue weighted by Gasteiger charge is 2.49. The minimum Gasteiger partial charge on any atom is -0.369 e. The van der Waals surface area contributed by atoms with Gasteiger partial charge in [-0.1, -0.05) is 28.1 Å². The van der Waals surface area contributed by atoms with E-state index in [1.54, 1.807) is 0 Å². The molecule has 0 aromatic heterocycles. The second-order valence-corrected chi connectivity index (χ2v) is 7.92. The van der Waals surface area contributed by atoms with Crippen molar-refractivity contribution in [1.82, 2.24) is 5.32 Å². The summed E-state index contributed by atoms with van der Waals surface area (Å²) in [7, 11) is 2.04. The van der Waals surface area contributed by atoms with E-state index in [9.17, 15) is 0 Å². The molecule has 0 spiro atoms. The fraction of sp³-hybridized carbons (Fsp3) is 0.647. The van der Waals surface area contributed by atoms with Gasteiger partial charge in [0, 0.05) is 16.4 Å². The normalized spacial score (nSPS) is 25.6. The molecule has 112 valence electrons. The zero-order valence-corrected chi connectivity index (χ0v) is 15.0. The Morgan fingerprint density at radius 2 is 1.95 bits per heavy atom. The van der Waals surface area contributed by atoms with Crippen LogP contribution in [0.25, 0.3) is 0 Å². The molecule has 1 heterocycles. The van der Waals surface area contributed by atoms with Crippen molar-refractivity contribution in [2.45, 2.75) is 58.3 Å². The van der Waals surface area contributed by atoms with Crippen LogP contribution in [0.2, 0.25) is 0 Å². The zero-order chi connectivity index (χ0) is 15.1. The molecule has 1 aliphatic heterocycles. The van der Waals surface area contributed by atoms with Gasteiger partial charge >= 0.3 is 0 Å². The van der Waals surface area contributed by atoms with Crippen molar-refractivity contribution >= 4 is 15.9 Å². The lowest BCUT2D eigenvalue weighted by Crippen LogP contribution is -2.37. The summed E-state index contributed by atoms with van der Waals surface area (Å²) in [5, 5.41) is 3.50. The van der Waals surface area contributed by atoms with Gasteiger partial charge in [-0.2, -0.15) is 0 Å². The van der Waals surface area contributed by atoms with Crippen LogP contribution in [0.1, 0.15) is 51.3 Å². The number of hydrogen-bond acceptors (Lipinski definition) is 2. The van der Waals surface area contributed by atoms with Gasteiger partial charge in [-0.3, -0.25) is 0 Å². The predicted molar refractivity (Wildman–Crippen MR) is 88.0 cm³/mol. The van der Waals surface area contributed by atoms with E-state index in [1.165, 1.54) is 15.6 Å². The smallest absolute Gasteiger partial charge is 0.0681 e. The van der Waals surface area contributed by atoms with Crippen LogP contribution >= 0.6 is 15.9 Å². The van der Waals surface area contributed by atoms with Gasteiger partial charge in [0.1, 0.15) is 0 Å². The van der Waals surface area contributed by atoms with E-state index in [1.807, 2.05) is 7.05 Å². The van der Waals surface area contributed by atoms with Gasteiger partial charge in [0.05, 0.1) is 11.2 Å². The Balaban J connectivity index is 2.37. The number of nitrogens with one attached hydrogen (secondary N) is 1. The van der Waals surface area contributed by atoms with Gasteiger partial charge < -0.3 is 10.1 Å². The van der Waals surface area contributed by atoms with Gasteiger partial charge in [-0.15, -0.1) is 0 Å². The van der Waals surface area contributed by atoms with Crippen LogP contribution in [0.5, 0.6) is 0 Å². The van der Waals surface area contributed by atoms with Crippen LogP contribution in [0.4, 0.5) is 0 Å². The molecule has 0 aliphatic carbocycles. The third-order valence-corrected chi connectivity index (χ3v) is 5.03. The minimum atomic E-state index is -0.124. The molecular formula is C17H26BrNO. The summed E-state index contributed by atoms with van der Waals surface area (Å²) in [4.78, 5) is 0. The molecule has 1 fully saturated rings. The molecule has 1 aromatic rings. The first kappa shape index (κ1) is 16.0. The maximum Gasteiger partial charge on any atom is 0.0681 e. The number of benzene rings is 1. The molecule has 0 radical (unpaired) electrons. The van der Waals surface area contributed by atoms with Crippen molar-refractivity contribution < 1.29 is 4.74 Å². The second-order valence-electron chi connectivity index (χ2n) is 7.07. The third kappa shape index (κ3) is 3.10. The molecule has 0 saturated carbocycles. The Kier molecular flexibility index (Phi) is 4.35. The number of halogens is 1. The molecular weight excluding hydrogens is 314 g/mol. The average Bonchev–Trinajstić information content (AvgIpc) is 2.51. The molecule has 0 amide bonds. The van der Waals surface area contributed by atoms with Gasteiger partial charge in [-0.05, 0) is 65.3 Å². The summed E-state index contributed by atoms with van der Waals surface area (Å²) < 4.78 is 7.44. The van der Waals surface area contributed by atoms with Gasteiger partial charge in [0.15, 0.2) is 0 Å². The van der Waals surface area contributed by atoms with E-state index >= 15 is 0 Å². The zero-order valence-electron chi connectivity index (χ0n) is 13.4. The van der Waals surface area contributed by atoms with E-state index in [2.05, 4.69) is 74.1 Å². The standard InChI is InChI=1S/C17H26BrNO/c1-11-7-8-12(14(18)9-11)15(19-6)13-10-16(2,3)20-17(13,4)5/h7-9,13,15,19H,10H2,1-6H3. The van der Waals surface area contributed by atoms with Crippen molar-refractivity contribution in [3.8, 4) is 0 Å². The van der Waals surface area contributed by atoms with Gasteiger partial charge in [-0.25, -0.2) is 0 Å². The SMILES string of the molecule is CNC(c1ccc(C)cc1Br)C1CC(C)(C)OC1(C)C. The molecule has 1 N–H and O–H groups in total. The van der Waals surface area contributed by atoms with Gasteiger partial charge in [0.25, 0.3) is 0 Å². The first-order valence-electron chi connectivity index (χ1n) is 7.30. The fourth-order valence-electron chi connectivity index (χ4n) is 3.58. The lowest BCUT2D eigenvalue weighted by atomic mass is 9.79. The summed E-state index contributed by atoms with van der Waals surface area (Å²) >= 11 is 3.72. The largest absolute Gasteiger partial charge is 0.369 e. The quantitative estimate of drug-likeness (QED) is 0.867. The molecule has 2 atom stereocenters. The molecule has 2 unspecified atom stereocenters. The second kappa shape index (κ2) is 5.43. The third-order valence-electron chi connectivity index (χ3n) is 4.35. The molecule has 2 rings (SSSR count). The highest BCUT2D eigenvalue weighted by molar-refractivity contribution is 9.10. The maximum absolute atomic E-state index is 6.26. The van der Waals surface area contributed by atoms with Crippen LogP contribution in [-0.2, 0) is 4.74 Å². The highest BCUT2D eigenvalue weighted by Crippen LogP contribution is 2.48. The topological polar surface area (TPSA) is 21.3 Å². The van der Waals surface area contributed by atoms with Crippen molar-refractivity contribution in [3.63, 3.8) is 0 Å². The van der Waals surface area contributed by atoms with Crippen molar-refractivity contribution in [3.05, 3.63) is 33.8 Å². The Hall–Kier alpha value is -0.380.